The van der Waals surface area contributed by atoms with E-state index in [1.807, 2.05) is 0 Å². The van der Waals surface area contributed by atoms with Gasteiger partial charge in [-0.05, 0) is 48.7 Å². The van der Waals surface area contributed by atoms with Crippen molar-refractivity contribution in [3.63, 3.8) is 0 Å². The van der Waals surface area contributed by atoms with Gasteiger partial charge in [-0.2, -0.15) is 0 Å². The molecule has 0 unspecified atom stereocenters. The topological polar surface area (TPSA) is 75.7 Å². The summed E-state index contributed by atoms with van der Waals surface area (Å²) >= 11 is 0. The van der Waals surface area contributed by atoms with Crippen molar-refractivity contribution in [3.8, 4) is 5.75 Å². The van der Waals surface area contributed by atoms with Crippen LogP contribution in [-0.4, -0.2) is 39.8 Å². The maximum Gasteiger partial charge on any atom is 0.242 e. The highest BCUT2D eigenvalue weighted by atomic mass is 32.2. The molecule has 0 saturated heterocycles. The fourth-order valence-electron chi connectivity index (χ4n) is 3.36. The first-order valence-electron chi connectivity index (χ1n) is 8.89. The number of nitrogens with zero attached hydrogens (tertiary/aromatic N) is 1. The second-order valence-electron chi connectivity index (χ2n) is 7.05. The monoisotopic (exact) mass is 406 g/mol. The van der Waals surface area contributed by atoms with Crippen LogP contribution in [0.25, 0.3) is 0 Å². The van der Waals surface area contributed by atoms with Gasteiger partial charge in [-0.3, -0.25) is 4.79 Å². The number of hydrogen-bond acceptors (Lipinski definition) is 4. The zero-order chi connectivity index (χ0) is 20.5. The van der Waals surface area contributed by atoms with Gasteiger partial charge in [0, 0.05) is 14.1 Å². The molecule has 6 nitrogen and oxygen atoms in total. The van der Waals surface area contributed by atoms with Crippen molar-refractivity contribution in [1.29, 1.82) is 0 Å². The normalized spacial score (nSPS) is 15.8. The van der Waals surface area contributed by atoms with Gasteiger partial charge in [0.2, 0.25) is 15.9 Å². The molecular weight excluding hydrogens is 383 g/mol. The molecule has 8 heteroatoms. The van der Waals surface area contributed by atoms with E-state index in [-0.39, 0.29) is 16.5 Å². The molecule has 28 heavy (non-hydrogen) atoms. The smallest absolute Gasteiger partial charge is 0.242 e. The van der Waals surface area contributed by atoms with E-state index in [0.29, 0.717) is 24.2 Å². The van der Waals surface area contributed by atoms with E-state index in [2.05, 4.69) is 5.32 Å². The largest absolute Gasteiger partial charge is 0.495 e. The molecular formula is C20H23FN2O4S. The summed E-state index contributed by atoms with van der Waals surface area (Å²) in [5.41, 5.74) is 0.0502. The second-order valence-corrected chi connectivity index (χ2v) is 9.20. The van der Waals surface area contributed by atoms with Crippen LogP contribution in [0.2, 0.25) is 0 Å². The van der Waals surface area contributed by atoms with Crippen LogP contribution in [0.4, 0.5) is 10.1 Å². The van der Waals surface area contributed by atoms with Crippen molar-refractivity contribution >= 4 is 21.6 Å². The van der Waals surface area contributed by atoms with Gasteiger partial charge < -0.3 is 10.1 Å². The first-order valence-corrected chi connectivity index (χ1v) is 10.3. The van der Waals surface area contributed by atoms with Gasteiger partial charge in [0.1, 0.15) is 11.6 Å². The van der Waals surface area contributed by atoms with Crippen molar-refractivity contribution in [2.24, 2.45) is 0 Å². The molecule has 1 aliphatic rings. The summed E-state index contributed by atoms with van der Waals surface area (Å²) in [7, 11) is 0.644. The number of nitrogens with one attached hydrogen (secondary N) is 1. The van der Waals surface area contributed by atoms with Crippen LogP contribution in [0.5, 0.6) is 5.75 Å². The third-order valence-electron chi connectivity index (χ3n) is 5.22. The Kier molecular flexibility index (Phi) is 5.45. The van der Waals surface area contributed by atoms with Gasteiger partial charge in [-0.15, -0.1) is 0 Å². The van der Waals surface area contributed by atoms with Crippen molar-refractivity contribution in [2.75, 3.05) is 26.5 Å². The minimum Gasteiger partial charge on any atom is -0.495 e. The molecule has 0 aromatic heterocycles. The predicted octanol–water partition coefficient (Wildman–Crippen LogP) is 3.15. The summed E-state index contributed by atoms with van der Waals surface area (Å²) in [4.78, 5) is 13.2. The number of ether oxygens (including phenoxy) is 1. The molecule has 0 radical (unpaired) electrons. The summed E-state index contributed by atoms with van der Waals surface area (Å²) in [5.74, 6) is -0.352. The number of amides is 1. The average Bonchev–Trinajstić information content (AvgIpc) is 2.60. The molecule has 1 amide bonds. The first-order chi connectivity index (χ1) is 13.2. The maximum atomic E-state index is 13.7. The molecule has 1 saturated carbocycles. The quantitative estimate of drug-likeness (QED) is 0.800. The Labute approximate surface area is 164 Å². The van der Waals surface area contributed by atoms with Crippen LogP contribution in [0.1, 0.15) is 24.8 Å². The van der Waals surface area contributed by atoms with Gasteiger partial charge in [0.15, 0.2) is 0 Å². The van der Waals surface area contributed by atoms with E-state index >= 15 is 0 Å². The van der Waals surface area contributed by atoms with Crippen molar-refractivity contribution < 1.29 is 22.3 Å². The lowest BCUT2D eigenvalue weighted by Crippen LogP contribution is -2.46. The summed E-state index contributed by atoms with van der Waals surface area (Å²) in [6.45, 7) is 0. The molecule has 0 aliphatic heterocycles. The van der Waals surface area contributed by atoms with Gasteiger partial charge in [-0.1, -0.05) is 18.6 Å². The summed E-state index contributed by atoms with van der Waals surface area (Å²) < 4.78 is 44.9. The van der Waals surface area contributed by atoms with Gasteiger partial charge in [-0.25, -0.2) is 17.1 Å². The van der Waals surface area contributed by atoms with Crippen molar-refractivity contribution in [3.05, 3.63) is 53.8 Å². The molecule has 2 aromatic rings. The SMILES string of the molecule is COc1ccc(S(=O)(=O)N(C)C)cc1NC(=O)C1(c2cccc(F)c2)CCC1. The lowest BCUT2D eigenvalue weighted by Gasteiger charge is -2.40. The molecule has 0 bridgehead atoms. The number of methoxy groups -OCH3 is 1. The molecule has 1 aliphatic carbocycles. The Morgan fingerprint density at radius 3 is 2.43 bits per heavy atom. The first kappa shape index (κ1) is 20.3. The Morgan fingerprint density at radius 2 is 1.89 bits per heavy atom. The predicted molar refractivity (Wildman–Crippen MR) is 104 cm³/mol. The van der Waals surface area contributed by atoms with E-state index in [1.165, 1.54) is 51.5 Å². The Morgan fingerprint density at radius 1 is 1.18 bits per heavy atom. The van der Waals surface area contributed by atoms with E-state index in [1.54, 1.807) is 12.1 Å². The van der Waals surface area contributed by atoms with Crippen LogP contribution in [0.15, 0.2) is 47.4 Å². The van der Waals surface area contributed by atoms with Crippen LogP contribution < -0.4 is 10.1 Å². The molecule has 1 N–H and O–H groups in total. The average molecular weight is 406 g/mol. The molecule has 0 heterocycles. The highest BCUT2D eigenvalue weighted by Crippen LogP contribution is 2.45. The van der Waals surface area contributed by atoms with E-state index in [9.17, 15) is 17.6 Å². The Hall–Kier alpha value is -2.45. The number of anilines is 1. The number of halogens is 1. The molecule has 0 atom stereocenters. The van der Waals surface area contributed by atoms with Crippen LogP contribution >= 0.6 is 0 Å². The molecule has 2 aromatic carbocycles. The number of carbonyl (C=O) groups excluding carboxylic acids is 1. The zero-order valence-corrected chi connectivity index (χ0v) is 16.8. The highest BCUT2D eigenvalue weighted by Gasteiger charge is 2.46. The van der Waals surface area contributed by atoms with E-state index in [4.69, 9.17) is 4.74 Å². The van der Waals surface area contributed by atoms with E-state index in [0.717, 1.165) is 10.7 Å². The summed E-state index contributed by atoms with van der Waals surface area (Å²) in [6.07, 6.45) is 2.05. The fourth-order valence-corrected chi connectivity index (χ4v) is 4.29. The van der Waals surface area contributed by atoms with Crippen molar-refractivity contribution in [1.82, 2.24) is 4.31 Å². The van der Waals surface area contributed by atoms with Gasteiger partial charge >= 0.3 is 0 Å². The fraction of sp³-hybridized carbons (Fsp3) is 0.350. The summed E-state index contributed by atoms with van der Waals surface area (Å²) in [6, 6.07) is 10.4. The lowest BCUT2D eigenvalue weighted by molar-refractivity contribution is -0.124. The van der Waals surface area contributed by atoms with Crippen LogP contribution in [-0.2, 0) is 20.2 Å². The minimum atomic E-state index is -3.67. The van der Waals surface area contributed by atoms with E-state index < -0.39 is 21.3 Å². The number of carbonyl (C=O) groups is 1. The number of hydrogen-bond donors (Lipinski definition) is 1. The van der Waals surface area contributed by atoms with Crippen LogP contribution in [0.3, 0.4) is 0 Å². The van der Waals surface area contributed by atoms with Gasteiger partial charge in [0.05, 0.1) is 23.1 Å². The van der Waals surface area contributed by atoms with Gasteiger partial charge in [0.25, 0.3) is 0 Å². The second kappa shape index (κ2) is 7.52. The Bertz CT molecular complexity index is 1000. The molecule has 150 valence electrons. The number of rotatable bonds is 6. The number of sulfonamides is 1. The summed E-state index contributed by atoms with van der Waals surface area (Å²) in [5, 5.41) is 2.80. The standard InChI is InChI=1S/C20H23FN2O4S/c1-23(2)28(25,26)16-8-9-18(27-3)17(13-16)22-19(24)20(10-5-11-20)14-6-4-7-15(21)12-14/h4,6-9,12-13H,5,10-11H2,1-3H3,(H,22,24). The molecule has 1 fully saturated rings. The maximum absolute atomic E-state index is 13.7. The zero-order valence-electron chi connectivity index (χ0n) is 16.0. The van der Waals surface area contributed by atoms with Crippen molar-refractivity contribution in [2.45, 2.75) is 29.6 Å². The minimum absolute atomic E-state index is 0.0435. The van der Waals surface area contributed by atoms with Crippen LogP contribution in [0, 0.1) is 5.82 Å². The lowest BCUT2D eigenvalue weighted by atomic mass is 9.63. The third-order valence-corrected chi connectivity index (χ3v) is 7.03. The molecule has 0 spiro atoms. The molecule has 3 rings (SSSR count). The number of benzene rings is 2. The highest BCUT2D eigenvalue weighted by molar-refractivity contribution is 7.89. The Balaban J connectivity index is 1.97. The third kappa shape index (κ3) is 3.49.